The summed E-state index contributed by atoms with van der Waals surface area (Å²) in [7, 11) is 0. The molecule has 7 heteroatoms. The monoisotopic (exact) mass is 462 g/mol. The Balaban J connectivity index is 1.77. The highest BCUT2D eigenvalue weighted by atomic mass is 32.2. The maximum absolute atomic E-state index is 13.6. The molecule has 0 aliphatic heterocycles. The second-order valence-electron chi connectivity index (χ2n) is 8.61. The zero-order valence-electron chi connectivity index (χ0n) is 18.7. The summed E-state index contributed by atoms with van der Waals surface area (Å²) in [6, 6.07) is 11.1. The predicted molar refractivity (Wildman–Crippen MR) is 125 cm³/mol. The molecule has 1 aliphatic rings. The van der Waals surface area contributed by atoms with Gasteiger partial charge in [-0.1, -0.05) is 31.4 Å². The summed E-state index contributed by atoms with van der Waals surface area (Å²) in [5.41, 5.74) is 1.36. The fraction of sp³-hybridized carbons (Fsp3) is 0.480. The number of hydrogen-bond acceptors (Lipinski definition) is 4. The number of thioether (sulfide) groups is 1. The molecule has 2 atom stereocenters. The highest BCUT2D eigenvalue weighted by Crippen LogP contribution is 2.38. The first-order valence-electron chi connectivity index (χ1n) is 11.1. The Hall–Kier alpha value is -1.96. The molecule has 2 aromatic carbocycles. The van der Waals surface area contributed by atoms with Gasteiger partial charge in [-0.05, 0) is 60.9 Å². The molecular formula is C25H32F2N2O2S. The first kappa shape index (κ1) is 24.7. The van der Waals surface area contributed by atoms with Gasteiger partial charge in [-0.15, -0.1) is 11.8 Å². The molecule has 1 fully saturated rings. The predicted octanol–water partition coefficient (Wildman–Crippen LogP) is 4.54. The third-order valence-corrected chi connectivity index (χ3v) is 6.94. The third-order valence-electron chi connectivity index (χ3n) is 6.21. The Bertz CT molecular complexity index is 898. The Morgan fingerprint density at radius 3 is 2.44 bits per heavy atom. The highest BCUT2D eigenvalue weighted by molar-refractivity contribution is 7.98. The van der Waals surface area contributed by atoms with Crippen LogP contribution in [0.5, 0.6) is 0 Å². The first-order valence-corrected chi connectivity index (χ1v) is 12.3. The van der Waals surface area contributed by atoms with Crippen LogP contribution in [0, 0.1) is 11.6 Å². The minimum atomic E-state index is -0.923. The second-order valence-corrected chi connectivity index (χ2v) is 9.49. The topological polar surface area (TPSA) is 61.4 Å². The van der Waals surface area contributed by atoms with Crippen LogP contribution in [0.25, 0.3) is 0 Å². The molecular weight excluding hydrogens is 430 g/mol. The molecule has 3 rings (SSSR count). The molecule has 0 spiro atoms. The van der Waals surface area contributed by atoms with Crippen LogP contribution in [-0.2, 0) is 16.8 Å². The van der Waals surface area contributed by atoms with Gasteiger partial charge in [0, 0.05) is 30.0 Å². The van der Waals surface area contributed by atoms with E-state index in [0.29, 0.717) is 5.56 Å². The summed E-state index contributed by atoms with van der Waals surface area (Å²) in [6.07, 6.45) is 6.59. The zero-order valence-corrected chi connectivity index (χ0v) is 19.5. The minimum absolute atomic E-state index is 0.131. The zero-order chi connectivity index (χ0) is 23.1. The fourth-order valence-electron chi connectivity index (χ4n) is 4.61. The van der Waals surface area contributed by atoms with Crippen LogP contribution < -0.4 is 10.6 Å². The van der Waals surface area contributed by atoms with Gasteiger partial charge in [-0.25, -0.2) is 8.78 Å². The van der Waals surface area contributed by atoms with Gasteiger partial charge in [-0.3, -0.25) is 4.79 Å². The molecule has 0 saturated heterocycles. The number of rotatable bonds is 9. The molecule has 2 aromatic rings. The molecule has 0 radical (unpaired) electrons. The van der Waals surface area contributed by atoms with E-state index in [2.05, 4.69) is 41.2 Å². The lowest BCUT2D eigenvalue weighted by atomic mass is 9.76. The summed E-state index contributed by atoms with van der Waals surface area (Å²) in [5, 5.41) is 17.3. The van der Waals surface area contributed by atoms with Crippen LogP contribution in [0.2, 0.25) is 0 Å². The van der Waals surface area contributed by atoms with E-state index in [-0.39, 0.29) is 24.4 Å². The van der Waals surface area contributed by atoms with Crippen LogP contribution in [0.3, 0.4) is 0 Å². The van der Waals surface area contributed by atoms with Gasteiger partial charge in [0.25, 0.3) is 0 Å². The second kappa shape index (κ2) is 11.3. The van der Waals surface area contributed by atoms with Crippen molar-refractivity contribution in [1.29, 1.82) is 0 Å². The molecule has 3 N–H and O–H groups in total. The first-order chi connectivity index (χ1) is 15.3. The number of amides is 1. The van der Waals surface area contributed by atoms with Crippen LogP contribution in [-0.4, -0.2) is 36.0 Å². The van der Waals surface area contributed by atoms with Crippen molar-refractivity contribution < 1.29 is 18.7 Å². The van der Waals surface area contributed by atoms with E-state index < -0.39 is 23.8 Å². The summed E-state index contributed by atoms with van der Waals surface area (Å²) in [5.74, 6) is -1.65. The summed E-state index contributed by atoms with van der Waals surface area (Å²) in [6.45, 7) is 1.63. The maximum Gasteiger partial charge on any atom is 0.217 e. The number of carbonyl (C=O) groups is 1. The Kier molecular flexibility index (Phi) is 8.68. The standard InChI is InChI=1S/C25H32F2N2O2S/c1-17(30)29-23(13-18-11-20(26)15-21(27)12-18)24(31)16-28-25(9-4-3-5-10-25)19-7-6-8-22(14-19)32-2/h6-8,11-12,14-15,23-24,28,31H,3-5,9-10,13,16H2,1-2H3,(H,29,30). The molecule has 1 amide bonds. The van der Waals surface area contributed by atoms with Gasteiger partial charge in [0.15, 0.2) is 0 Å². The van der Waals surface area contributed by atoms with E-state index in [1.54, 1.807) is 11.8 Å². The van der Waals surface area contributed by atoms with E-state index in [1.807, 2.05) is 0 Å². The minimum Gasteiger partial charge on any atom is -0.390 e. The van der Waals surface area contributed by atoms with Crippen molar-refractivity contribution in [2.75, 3.05) is 12.8 Å². The van der Waals surface area contributed by atoms with Gasteiger partial charge < -0.3 is 15.7 Å². The highest BCUT2D eigenvalue weighted by Gasteiger charge is 2.35. The van der Waals surface area contributed by atoms with Gasteiger partial charge in [0.1, 0.15) is 11.6 Å². The summed E-state index contributed by atoms with van der Waals surface area (Å²) < 4.78 is 27.3. The molecule has 0 heterocycles. The van der Waals surface area contributed by atoms with E-state index in [4.69, 9.17) is 0 Å². The number of carbonyl (C=O) groups excluding carboxylic acids is 1. The largest absolute Gasteiger partial charge is 0.390 e. The third kappa shape index (κ3) is 6.53. The van der Waals surface area contributed by atoms with Gasteiger partial charge >= 0.3 is 0 Å². The quantitative estimate of drug-likeness (QED) is 0.479. The average Bonchev–Trinajstić information content (AvgIpc) is 2.76. The molecule has 32 heavy (non-hydrogen) atoms. The van der Waals surface area contributed by atoms with E-state index in [1.165, 1.54) is 35.9 Å². The van der Waals surface area contributed by atoms with Crippen molar-refractivity contribution in [2.45, 2.75) is 68.0 Å². The van der Waals surface area contributed by atoms with Crippen molar-refractivity contribution >= 4 is 17.7 Å². The number of aliphatic hydroxyl groups excluding tert-OH is 1. The van der Waals surface area contributed by atoms with E-state index >= 15 is 0 Å². The van der Waals surface area contributed by atoms with Crippen LogP contribution >= 0.6 is 11.8 Å². The van der Waals surface area contributed by atoms with Gasteiger partial charge in [0.05, 0.1) is 12.1 Å². The summed E-state index contributed by atoms with van der Waals surface area (Å²) in [4.78, 5) is 12.9. The molecule has 4 nitrogen and oxygen atoms in total. The van der Waals surface area contributed by atoms with Crippen LogP contribution in [0.1, 0.15) is 50.2 Å². The lowest BCUT2D eigenvalue weighted by Crippen LogP contribution is -2.53. The number of nitrogens with one attached hydrogen (secondary N) is 2. The van der Waals surface area contributed by atoms with Crippen LogP contribution in [0.15, 0.2) is 47.4 Å². The van der Waals surface area contributed by atoms with Crippen molar-refractivity contribution in [1.82, 2.24) is 10.6 Å². The number of aliphatic hydroxyl groups is 1. The Labute approximate surface area is 193 Å². The molecule has 1 saturated carbocycles. The SMILES string of the molecule is CSc1cccc(C2(NCC(O)C(Cc3cc(F)cc(F)c3)NC(C)=O)CCCCC2)c1. The lowest BCUT2D eigenvalue weighted by Gasteiger charge is -2.40. The number of halogens is 2. The lowest BCUT2D eigenvalue weighted by molar-refractivity contribution is -0.120. The Morgan fingerprint density at radius 1 is 1.12 bits per heavy atom. The van der Waals surface area contributed by atoms with Gasteiger partial charge in [-0.2, -0.15) is 0 Å². The molecule has 0 aromatic heterocycles. The maximum atomic E-state index is 13.6. The van der Waals surface area contributed by atoms with Crippen LogP contribution in [0.4, 0.5) is 8.78 Å². The average molecular weight is 463 g/mol. The molecule has 2 unspecified atom stereocenters. The van der Waals surface area contributed by atoms with Crippen molar-refractivity contribution in [3.8, 4) is 0 Å². The van der Waals surface area contributed by atoms with Gasteiger partial charge in [0.2, 0.25) is 5.91 Å². The van der Waals surface area contributed by atoms with E-state index in [9.17, 15) is 18.7 Å². The number of hydrogen-bond donors (Lipinski definition) is 3. The van der Waals surface area contributed by atoms with Crippen molar-refractivity contribution in [2.24, 2.45) is 0 Å². The van der Waals surface area contributed by atoms with Crippen molar-refractivity contribution in [3.05, 3.63) is 65.2 Å². The molecule has 0 bridgehead atoms. The summed E-state index contributed by atoms with van der Waals surface area (Å²) >= 11 is 1.70. The Morgan fingerprint density at radius 2 is 1.81 bits per heavy atom. The number of benzene rings is 2. The molecule has 174 valence electrons. The fourth-order valence-corrected chi connectivity index (χ4v) is 5.07. The normalized spacial score (nSPS) is 17.5. The molecule has 1 aliphatic carbocycles. The smallest absolute Gasteiger partial charge is 0.217 e. The van der Waals surface area contributed by atoms with E-state index in [0.717, 1.165) is 31.7 Å². The van der Waals surface area contributed by atoms with Crippen molar-refractivity contribution in [3.63, 3.8) is 0 Å².